The molecule has 5 heteroatoms. The highest BCUT2D eigenvalue weighted by atomic mass is 16.3. The third kappa shape index (κ3) is 4.30. The van der Waals surface area contributed by atoms with Crippen LogP contribution in [-0.4, -0.2) is 21.4 Å². The number of nitrogens with one attached hydrogen (secondary N) is 1. The Hall–Kier alpha value is -2.82. The normalized spacial score (nSPS) is 12.4. The number of carbonyl (C=O) groups is 1. The molecule has 0 saturated heterocycles. The summed E-state index contributed by atoms with van der Waals surface area (Å²) in [6, 6.07) is 10.5. The Balaban J connectivity index is 2.02. The van der Waals surface area contributed by atoms with Crippen molar-refractivity contribution in [2.45, 2.75) is 47.1 Å². The summed E-state index contributed by atoms with van der Waals surface area (Å²) in [4.78, 5) is 17.1. The molecule has 3 aromatic rings. The number of hydrogen-bond donors (Lipinski definition) is 2. The van der Waals surface area contributed by atoms with E-state index in [1.807, 2.05) is 39.0 Å². The summed E-state index contributed by atoms with van der Waals surface area (Å²) < 4.78 is 5.85. The lowest BCUT2D eigenvalue weighted by Gasteiger charge is -2.21. The number of aromatic nitrogens is 1. The molecule has 0 aliphatic carbocycles. The zero-order chi connectivity index (χ0) is 20.0. The van der Waals surface area contributed by atoms with Crippen molar-refractivity contribution >= 4 is 22.6 Å². The molecule has 0 radical (unpaired) electrons. The Morgan fingerprint density at radius 3 is 2.37 bits per heavy atom. The summed E-state index contributed by atoms with van der Waals surface area (Å²) in [7, 11) is 0. The number of benzene rings is 2. The lowest BCUT2D eigenvalue weighted by Crippen LogP contribution is -2.25. The number of ketones is 1. The summed E-state index contributed by atoms with van der Waals surface area (Å²) in [5.74, 6) is 0.335. The topological polar surface area (TPSA) is 75.4 Å². The van der Waals surface area contributed by atoms with Gasteiger partial charge in [0.1, 0.15) is 11.3 Å². The van der Waals surface area contributed by atoms with Crippen LogP contribution in [0.4, 0.5) is 5.69 Å². The van der Waals surface area contributed by atoms with Crippen LogP contribution in [0.15, 0.2) is 40.8 Å². The predicted octanol–water partition coefficient (Wildman–Crippen LogP) is 5.64. The predicted molar refractivity (Wildman–Crippen MR) is 108 cm³/mol. The number of phenolic OH excluding ortho intramolecular Hbond substituents is 1. The van der Waals surface area contributed by atoms with Gasteiger partial charge in [0.25, 0.3) is 0 Å². The summed E-state index contributed by atoms with van der Waals surface area (Å²) in [6.07, 6.45) is 0. The zero-order valence-corrected chi connectivity index (χ0v) is 16.7. The largest absolute Gasteiger partial charge is 0.508 e. The van der Waals surface area contributed by atoms with E-state index in [0.717, 1.165) is 5.69 Å². The van der Waals surface area contributed by atoms with Crippen LogP contribution in [0.25, 0.3) is 22.6 Å². The van der Waals surface area contributed by atoms with E-state index in [4.69, 9.17) is 4.42 Å². The Morgan fingerprint density at radius 2 is 1.74 bits per heavy atom. The molecule has 2 aromatic carbocycles. The lowest BCUT2D eigenvalue weighted by molar-refractivity contribution is 0.0858. The van der Waals surface area contributed by atoms with E-state index < -0.39 is 5.41 Å². The van der Waals surface area contributed by atoms with Gasteiger partial charge in [-0.2, -0.15) is 0 Å². The molecule has 2 N–H and O–H groups in total. The fraction of sp³-hybridized carbons (Fsp3) is 0.364. The molecule has 1 aromatic heterocycles. The van der Waals surface area contributed by atoms with Crippen LogP contribution in [0.1, 0.15) is 51.9 Å². The van der Waals surface area contributed by atoms with Crippen molar-refractivity contribution in [3.05, 3.63) is 42.0 Å². The molecule has 0 atom stereocenters. The first-order chi connectivity index (χ1) is 12.4. The first-order valence-corrected chi connectivity index (χ1v) is 9.00. The summed E-state index contributed by atoms with van der Waals surface area (Å²) in [5, 5.41) is 13.5. The molecule has 5 nitrogen and oxygen atoms in total. The standard InChI is InChI=1S/C22H26N2O3/c1-21(2,3)19(26)13-9-14(11-16(25)10-13)20-23-17-12-15(24-22(4,5)6)7-8-18(17)27-20/h7-12,24-25H,1-6H3. The van der Waals surface area contributed by atoms with Crippen LogP contribution >= 0.6 is 0 Å². The van der Waals surface area contributed by atoms with Gasteiger partial charge in [-0.05, 0) is 57.2 Å². The summed E-state index contributed by atoms with van der Waals surface area (Å²) >= 11 is 0. The van der Waals surface area contributed by atoms with Crippen molar-refractivity contribution in [1.29, 1.82) is 0 Å². The minimum Gasteiger partial charge on any atom is -0.508 e. The molecular formula is C22H26N2O3. The smallest absolute Gasteiger partial charge is 0.227 e. The van der Waals surface area contributed by atoms with Gasteiger partial charge in [0.2, 0.25) is 5.89 Å². The Bertz CT molecular complexity index is 1000. The van der Waals surface area contributed by atoms with Crippen molar-refractivity contribution in [2.24, 2.45) is 5.41 Å². The minimum absolute atomic E-state index is 0.0115. The fourth-order valence-electron chi connectivity index (χ4n) is 2.86. The summed E-state index contributed by atoms with van der Waals surface area (Å²) in [6.45, 7) is 11.8. The Kier molecular flexibility index (Phi) is 4.50. The van der Waals surface area contributed by atoms with Crippen LogP contribution < -0.4 is 5.32 Å². The lowest BCUT2D eigenvalue weighted by atomic mass is 9.86. The highest BCUT2D eigenvalue weighted by molar-refractivity contribution is 6.01. The number of phenols is 1. The number of rotatable bonds is 3. The Labute approximate surface area is 159 Å². The number of Topliss-reactive ketones (excluding diaryl/α,β-unsaturated/α-hetero) is 1. The maximum atomic E-state index is 12.6. The molecule has 0 amide bonds. The molecule has 0 unspecified atom stereocenters. The van der Waals surface area contributed by atoms with E-state index in [-0.39, 0.29) is 17.1 Å². The van der Waals surface area contributed by atoms with Crippen molar-refractivity contribution in [1.82, 2.24) is 4.98 Å². The number of hydrogen-bond acceptors (Lipinski definition) is 5. The van der Waals surface area contributed by atoms with Crippen molar-refractivity contribution in [2.75, 3.05) is 5.32 Å². The molecule has 3 rings (SSSR count). The maximum absolute atomic E-state index is 12.6. The molecular weight excluding hydrogens is 340 g/mol. The average Bonchev–Trinajstić information content (AvgIpc) is 2.94. The molecule has 1 heterocycles. The summed E-state index contributed by atoms with van der Waals surface area (Å²) in [5.41, 5.74) is 2.73. The Morgan fingerprint density at radius 1 is 1.04 bits per heavy atom. The highest BCUT2D eigenvalue weighted by Crippen LogP contribution is 2.31. The van der Waals surface area contributed by atoms with E-state index in [1.54, 1.807) is 12.1 Å². The number of aromatic hydroxyl groups is 1. The first kappa shape index (κ1) is 19.0. The van der Waals surface area contributed by atoms with Gasteiger partial charge >= 0.3 is 0 Å². The van der Waals surface area contributed by atoms with Gasteiger partial charge in [0, 0.05) is 27.8 Å². The quantitative estimate of drug-likeness (QED) is 0.587. The number of anilines is 1. The minimum atomic E-state index is -0.542. The van der Waals surface area contributed by atoms with E-state index in [9.17, 15) is 9.90 Å². The van der Waals surface area contributed by atoms with Gasteiger partial charge < -0.3 is 14.8 Å². The van der Waals surface area contributed by atoms with Gasteiger partial charge in [-0.1, -0.05) is 20.8 Å². The second kappa shape index (κ2) is 6.41. The molecule has 0 aliphatic rings. The van der Waals surface area contributed by atoms with Crippen molar-refractivity contribution in [3.63, 3.8) is 0 Å². The average molecular weight is 366 g/mol. The maximum Gasteiger partial charge on any atom is 0.227 e. The highest BCUT2D eigenvalue weighted by Gasteiger charge is 2.24. The molecule has 0 spiro atoms. The number of fused-ring (bicyclic) bond motifs is 1. The van der Waals surface area contributed by atoms with Crippen LogP contribution in [0, 0.1) is 5.41 Å². The van der Waals surface area contributed by atoms with Crippen molar-refractivity contribution in [3.8, 4) is 17.2 Å². The first-order valence-electron chi connectivity index (χ1n) is 9.00. The van der Waals surface area contributed by atoms with E-state index in [0.29, 0.717) is 28.1 Å². The number of oxazole rings is 1. The van der Waals surface area contributed by atoms with E-state index in [2.05, 4.69) is 31.1 Å². The molecule has 27 heavy (non-hydrogen) atoms. The third-order valence-electron chi connectivity index (χ3n) is 4.02. The van der Waals surface area contributed by atoms with E-state index in [1.165, 1.54) is 6.07 Å². The number of carbonyl (C=O) groups excluding carboxylic acids is 1. The molecule has 142 valence electrons. The van der Waals surface area contributed by atoms with E-state index >= 15 is 0 Å². The zero-order valence-electron chi connectivity index (χ0n) is 16.7. The van der Waals surface area contributed by atoms with Crippen molar-refractivity contribution < 1.29 is 14.3 Å². The SMILES string of the molecule is CC(C)(C)Nc1ccc2oc(-c3cc(O)cc(C(=O)C(C)(C)C)c3)nc2c1. The van der Waals surface area contributed by atoms with Crippen LogP contribution in [0.5, 0.6) is 5.75 Å². The second-order valence-corrected chi connectivity index (χ2v) is 8.92. The van der Waals surface area contributed by atoms with Gasteiger partial charge in [0.15, 0.2) is 11.4 Å². The van der Waals surface area contributed by atoms with Gasteiger partial charge in [0.05, 0.1) is 0 Å². The molecule has 0 saturated carbocycles. The van der Waals surface area contributed by atoms with Crippen LogP contribution in [0.3, 0.4) is 0 Å². The second-order valence-electron chi connectivity index (χ2n) is 8.92. The van der Waals surface area contributed by atoms with Crippen LogP contribution in [-0.2, 0) is 0 Å². The fourth-order valence-corrected chi connectivity index (χ4v) is 2.86. The van der Waals surface area contributed by atoms with Gasteiger partial charge in [-0.25, -0.2) is 4.98 Å². The monoisotopic (exact) mass is 366 g/mol. The van der Waals surface area contributed by atoms with Gasteiger partial charge in [-0.15, -0.1) is 0 Å². The van der Waals surface area contributed by atoms with Crippen LogP contribution in [0.2, 0.25) is 0 Å². The molecule has 0 aliphatic heterocycles. The molecule has 0 fully saturated rings. The molecule has 0 bridgehead atoms. The third-order valence-corrected chi connectivity index (χ3v) is 4.02. The van der Waals surface area contributed by atoms with Gasteiger partial charge in [-0.3, -0.25) is 4.79 Å². The number of nitrogens with zero attached hydrogens (tertiary/aromatic N) is 1.